The number of alkyl halides is 6. The molecule has 2 aliphatic rings. The highest BCUT2D eigenvalue weighted by Crippen LogP contribution is 2.31. The van der Waals surface area contributed by atoms with Crippen molar-refractivity contribution in [2.24, 2.45) is 0 Å². The highest BCUT2D eigenvalue weighted by molar-refractivity contribution is 6.32. The van der Waals surface area contributed by atoms with Gasteiger partial charge in [0.1, 0.15) is 16.6 Å². The first-order valence-electron chi connectivity index (χ1n) is 15.4. The van der Waals surface area contributed by atoms with E-state index in [0.717, 1.165) is 59.1 Å². The van der Waals surface area contributed by atoms with Crippen LogP contribution in [0.25, 0.3) is 11.1 Å². The van der Waals surface area contributed by atoms with E-state index in [9.17, 15) is 31.1 Å². The summed E-state index contributed by atoms with van der Waals surface area (Å²) in [7, 11) is 0. The smallest absolute Gasteiger partial charge is 0.490 e. The highest BCUT2D eigenvalue weighted by atomic mass is 35.5. The lowest BCUT2D eigenvalue weighted by Gasteiger charge is -2.35. The van der Waals surface area contributed by atoms with Gasteiger partial charge in [-0.2, -0.15) is 31.3 Å². The van der Waals surface area contributed by atoms with E-state index in [1.807, 2.05) is 41.4 Å². The number of fused-ring (bicyclic) bond motifs is 6. The van der Waals surface area contributed by atoms with Crippen molar-refractivity contribution in [3.8, 4) is 16.9 Å². The van der Waals surface area contributed by atoms with Gasteiger partial charge in [0.05, 0.1) is 12.8 Å². The molecule has 2 aromatic carbocycles. The van der Waals surface area contributed by atoms with Crippen LogP contribution in [-0.2, 0) is 20.8 Å². The van der Waals surface area contributed by atoms with Crippen LogP contribution < -0.4 is 20.3 Å². The minimum Gasteiger partial charge on any atom is -0.493 e. The van der Waals surface area contributed by atoms with E-state index in [1.165, 1.54) is 0 Å². The van der Waals surface area contributed by atoms with Crippen LogP contribution in [0.4, 0.5) is 55.3 Å². The number of amides is 1. The van der Waals surface area contributed by atoms with E-state index in [2.05, 4.69) is 54.8 Å². The molecule has 4 heterocycles. The number of piperazine rings is 1. The van der Waals surface area contributed by atoms with Crippen LogP contribution >= 0.6 is 11.6 Å². The molecule has 2 aromatic heterocycles. The van der Waals surface area contributed by atoms with Crippen molar-refractivity contribution in [1.29, 1.82) is 0 Å². The highest BCUT2D eigenvalue weighted by Gasteiger charge is 2.39. The third-order valence-corrected chi connectivity index (χ3v) is 7.64. The van der Waals surface area contributed by atoms with Crippen molar-refractivity contribution in [3.63, 3.8) is 0 Å². The van der Waals surface area contributed by atoms with Gasteiger partial charge in [0, 0.05) is 63.2 Å². The summed E-state index contributed by atoms with van der Waals surface area (Å²) < 4.78 is 69.5. The Morgan fingerprint density at radius 1 is 0.830 bits per heavy atom. The Balaban J connectivity index is 0.000000381. The zero-order valence-electron chi connectivity index (χ0n) is 27.5. The number of hydrogen-bond donors (Lipinski definition) is 4. The summed E-state index contributed by atoms with van der Waals surface area (Å²) in [6, 6.07) is 18.2. The number of halogens is 7. The van der Waals surface area contributed by atoms with Gasteiger partial charge in [0.15, 0.2) is 5.82 Å². The number of aromatic nitrogens is 3. The molecule has 20 heteroatoms. The summed E-state index contributed by atoms with van der Waals surface area (Å²) in [6.45, 7) is 5.05. The zero-order chi connectivity index (χ0) is 38.9. The van der Waals surface area contributed by atoms with Gasteiger partial charge in [0.25, 0.3) is 0 Å². The average molecular weight is 770 g/mol. The first kappa shape index (κ1) is 39.9. The van der Waals surface area contributed by atoms with Crippen LogP contribution in [0, 0.1) is 0 Å². The minimum absolute atomic E-state index is 0.114. The predicted molar refractivity (Wildman–Crippen MR) is 181 cm³/mol. The van der Waals surface area contributed by atoms with Crippen molar-refractivity contribution in [2.45, 2.75) is 25.7 Å². The molecule has 1 saturated heterocycles. The van der Waals surface area contributed by atoms with Crippen LogP contribution in [0.5, 0.6) is 5.75 Å². The van der Waals surface area contributed by atoms with E-state index < -0.39 is 24.3 Å². The monoisotopic (exact) mass is 769 g/mol. The maximum Gasteiger partial charge on any atom is 0.490 e. The lowest BCUT2D eigenvalue weighted by atomic mass is 10.0. The molecular weight excluding hydrogens is 740 g/mol. The molecule has 4 aromatic rings. The SMILES string of the molecule is CC(=O)N1CCN(c2cc(-c3cc4cc(c3)Nc3ncc(Cl)c(n3)Nc3cccc(c3)OCC4)ccn2)CC1.O=C(O)C(F)(F)F.O=C(O)C(F)(F)F. The lowest BCUT2D eigenvalue weighted by Crippen LogP contribution is -2.48. The second kappa shape index (κ2) is 17.1. The van der Waals surface area contributed by atoms with Gasteiger partial charge in [0.2, 0.25) is 11.9 Å². The third-order valence-electron chi connectivity index (χ3n) is 7.36. The Kier molecular flexibility index (Phi) is 12.9. The quantitative estimate of drug-likeness (QED) is 0.163. The van der Waals surface area contributed by atoms with Crippen LogP contribution in [0.15, 0.2) is 67.0 Å². The van der Waals surface area contributed by atoms with Gasteiger partial charge < -0.3 is 35.4 Å². The molecule has 282 valence electrons. The molecular formula is C33H30ClF6N7O6. The number of carboxylic acid groups (broad SMARTS) is 2. The summed E-state index contributed by atoms with van der Waals surface area (Å²) in [6.07, 6.45) is -6.03. The maximum absolute atomic E-state index is 11.7. The van der Waals surface area contributed by atoms with Crippen LogP contribution in [0.2, 0.25) is 5.02 Å². The minimum atomic E-state index is -5.08. The molecule has 0 unspecified atom stereocenters. The zero-order valence-corrected chi connectivity index (χ0v) is 28.3. The lowest BCUT2D eigenvalue weighted by molar-refractivity contribution is -0.193. The van der Waals surface area contributed by atoms with E-state index >= 15 is 0 Å². The number of ether oxygens (including phenoxy) is 1. The molecule has 6 bridgehead atoms. The number of aliphatic carboxylic acids is 2. The molecule has 4 N–H and O–H groups in total. The van der Waals surface area contributed by atoms with Gasteiger partial charge >= 0.3 is 24.3 Å². The summed E-state index contributed by atoms with van der Waals surface area (Å²) in [4.78, 5) is 47.2. The fourth-order valence-corrected chi connectivity index (χ4v) is 4.97. The van der Waals surface area contributed by atoms with Crippen LogP contribution in [-0.4, -0.2) is 93.0 Å². The molecule has 0 atom stereocenters. The molecule has 0 spiro atoms. The van der Waals surface area contributed by atoms with Crippen molar-refractivity contribution in [1.82, 2.24) is 19.9 Å². The number of carboxylic acids is 2. The second-order valence-corrected chi connectivity index (χ2v) is 11.6. The molecule has 0 saturated carbocycles. The average Bonchev–Trinajstić information content (AvgIpc) is 3.09. The van der Waals surface area contributed by atoms with Gasteiger partial charge in [-0.3, -0.25) is 4.79 Å². The molecule has 0 aliphatic carbocycles. The number of rotatable bonds is 2. The van der Waals surface area contributed by atoms with Gasteiger partial charge in [-0.25, -0.2) is 19.6 Å². The molecule has 13 nitrogen and oxygen atoms in total. The molecule has 1 amide bonds. The summed E-state index contributed by atoms with van der Waals surface area (Å²) in [5, 5.41) is 21.3. The number of benzene rings is 2. The number of pyridine rings is 1. The topological polar surface area (TPSA) is 170 Å². The maximum atomic E-state index is 11.7. The van der Waals surface area contributed by atoms with Gasteiger partial charge in [-0.15, -0.1) is 0 Å². The van der Waals surface area contributed by atoms with E-state index in [0.29, 0.717) is 36.5 Å². The number of nitrogens with zero attached hydrogens (tertiary/aromatic N) is 5. The Labute approximate surface area is 302 Å². The summed E-state index contributed by atoms with van der Waals surface area (Å²) >= 11 is 6.39. The van der Waals surface area contributed by atoms with Crippen molar-refractivity contribution in [2.75, 3.05) is 48.3 Å². The third kappa shape index (κ3) is 11.8. The van der Waals surface area contributed by atoms with Crippen molar-refractivity contribution in [3.05, 3.63) is 77.6 Å². The second-order valence-electron chi connectivity index (χ2n) is 11.2. The van der Waals surface area contributed by atoms with Gasteiger partial charge in [-0.1, -0.05) is 23.7 Å². The number of carbonyl (C=O) groups excluding carboxylic acids is 1. The number of carbonyl (C=O) groups is 3. The van der Waals surface area contributed by atoms with Crippen molar-refractivity contribution >= 4 is 58.4 Å². The molecule has 0 radical (unpaired) electrons. The standard InChI is InChI=1S/C29H28ClN7O2.2C2HF3O2/c1-19(38)36-8-10-37(11-9-36)27-16-21(5-7-31-27)22-13-20-6-12-39-25-4-2-3-23(17-25)33-28-26(30)18-32-29(35-28)34-24(14-20)15-22;2*3-2(4,5)1(6)7/h2-5,7,13-18H,6,8-12H2,1H3,(H2,32,33,34,35);2*(H,6,7). The Morgan fingerprint density at radius 3 is 2.11 bits per heavy atom. The normalized spacial score (nSPS) is 14.0. The number of anilines is 5. The van der Waals surface area contributed by atoms with E-state index in [-0.39, 0.29) is 5.91 Å². The molecule has 53 heavy (non-hydrogen) atoms. The van der Waals surface area contributed by atoms with Crippen LogP contribution in [0.3, 0.4) is 0 Å². The van der Waals surface area contributed by atoms with Crippen LogP contribution in [0.1, 0.15) is 12.5 Å². The fourth-order valence-electron chi connectivity index (χ4n) is 4.83. The Bertz CT molecular complexity index is 1920. The number of nitrogens with one attached hydrogen (secondary N) is 2. The summed E-state index contributed by atoms with van der Waals surface area (Å²) in [5.41, 5.74) is 4.90. The summed E-state index contributed by atoms with van der Waals surface area (Å²) in [5.74, 6) is -2.79. The first-order chi connectivity index (χ1) is 24.9. The predicted octanol–water partition coefficient (Wildman–Crippen LogP) is 6.55. The molecule has 6 rings (SSSR count). The van der Waals surface area contributed by atoms with E-state index in [4.69, 9.17) is 36.1 Å². The molecule has 2 aliphatic heterocycles. The van der Waals surface area contributed by atoms with E-state index in [1.54, 1.807) is 13.1 Å². The Morgan fingerprint density at radius 2 is 1.49 bits per heavy atom. The Hall–Kier alpha value is -5.85. The van der Waals surface area contributed by atoms with Gasteiger partial charge in [-0.05, 0) is 53.1 Å². The number of hydrogen-bond acceptors (Lipinski definition) is 10. The largest absolute Gasteiger partial charge is 0.493 e. The first-order valence-corrected chi connectivity index (χ1v) is 15.8. The van der Waals surface area contributed by atoms with Crippen molar-refractivity contribution < 1.29 is 55.7 Å². The molecule has 1 fully saturated rings. The fraction of sp³-hybridized carbons (Fsp3) is 0.273.